The van der Waals surface area contributed by atoms with E-state index in [1.807, 2.05) is 61.5 Å². The Morgan fingerprint density at radius 2 is 1.63 bits per heavy atom. The molecule has 0 spiro atoms. The molecule has 0 heterocycles. The van der Waals surface area contributed by atoms with Gasteiger partial charge in [0.05, 0.1) is 18.8 Å². The number of hydrogen-bond donors (Lipinski definition) is 0. The summed E-state index contributed by atoms with van der Waals surface area (Å²) in [6.07, 6.45) is 4.84. The highest BCUT2D eigenvalue weighted by molar-refractivity contribution is 5.91. The van der Waals surface area contributed by atoms with Crippen LogP contribution >= 0.6 is 0 Å². The van der Waals surface area contributed by atoms with Crippen LogP contribution in [0.5, 0.6) is 11.5 Å². The second-order valence-corrected chi connectivity index (χ2v) is 6.61. The Balaban J connectivity index is 1.77. The maximum atomic E-state index is 12.2. The molecule has 0 saturated heterocycles. The summed E-state index contributed by atoms with van der Waals surface area (Å²) < 4.78 is 10.8. The van der Waals surface area contributed by atoms with Crippen molar-refractivity contribution in [3.05, 3.63) is 101 Å². The molecule has 0 amide bonds. The molecule has 3 rings (SSSR count). The third kappa shape index (κ3) is 5.46. The van der Waals surface area contributed by atoms with Gasteiger partial charge in [-0.15, -0.1) is 0 Å². The monoisotopic (exact) mass is 395 g/mol. The number of allylic oxidation sites excluding steroid dienone is 1. The number of benzene rings is 3. The molecule has 148 valence electrons. The minimum absolute atomic E-state index is 0.312. The summed E-state index contributed by atoms with van der Waals surface area (Å²) in [5.41, 5.74) is 4.19. The summed E-state index contributed by atoms with van der Waals surface area (Å²) in [6.45, 7) is 2.01. The minimum atomic E-state index is -0.501. The fraction of sp³-hybridized carbons (Fsp3) is 0.0769. The minimum Gasteiger partial charge on any atom is -0.493 e. The Bertz CT molecular complexity index is 1120. The van der Waals surface area contributed by atoms with Gasteiger partial charge < -0.3 is 9.47 Å². The van der Waals surface area contributed by atoms with Gasteiger partial charge in [-0.3, -0.25) is 0 Å². The fourth-order valence-electron chi connectivity index (χ4n) is 2.81. The van der Waals surface area contributed by atoms with E-state index in [2.05, 4.69) is 6.07 Å². The van der Waals surface area contributed by atoms with Crippen LogP contribution in [0.3, 0.4) is 0 Å². The van der Waals surface area contributed by atoms with E-state index in [4.69, 9.17) is 9.47 Å². The van der Waals surface area contributed by atoms with E-state index in [9.17, 15) is 10.1 Å². The number of carbonyl (C=O) groups excluding carboxylic acids is 1. The van der Waals surface area contributed by atoms with Crippen molar-refractivity contribution in [1.82, 2.24) is 0 Å². The zero-order chi connectivity index (χ0) is 21.3. The van der Waals surface area contributed by atoms with Gasteiger partial charge in [0, 0.05) is 6.08 Å². The Hall–Kier alpha value is -4.10. The molecule has 0 aromatic heterocycles. The van der Waals surface area contributed by atoms with Gasteiger partial charge in [0.1, 0.15) is 0 Å². The first-order valence-electron chi connectivity index (χ1n) is 9.41. The second kappa shape index (κ2) is 9.90. The first-order chi connectivity index (χ1) is 14.6. The van der Waals surface area contributed by atoms with Crippen LogP contribution in [0.1, 0.15) is 22.3 Å². The molecule has 0 radical (unpaired) electrons. The molecule has 4 nitrogen and oxygen atoms in total. The van der Waals surface area contributed by atoms with Gasteiger partial charge >= 0.3 is 5.97 Å². The lowest BCUT2D eigenvalue weighted by Crippen LogP contribution is -2.05. The molecule has 0 aliphatic rings. The molecule has 0 unspecified atom stereocenters. The average Bonchev–Trinajstić information content (AvgIpc) is 2.78. The number of nitriles is 1. The molecule has 0 atom stereocenters. The van der Waals surface area contributed by atoms with Crippen molar-refractivity contribution in [3.8, 4) is 17.6 Å². The van der Waals surface area contributed by atoms with Crippen LogP contribution < -0.4 is 9.47 Å². The summed E-state index contributed by atoms with van der Waals surface area (Å²) in [7, 11) is 1.50. The van der Waals surface area contributed by atoms with Crippen molar-refractivity contribution in [1.29, 1.82) is 5.26 Å². The number of nitrogens with zero attached hydrogens (tertiary/aromatic N) is 1. The standard InChI is InChI=1S/C26H21NO3/c1-19-8-10-20(11-9-19)13-15-26(28)30-24-14-12-21(17-25(24)29-2)16-23(18-27)22-6-4-3-5-7-22/h3-17H,1-2H3/b15-13+,23-16-. The summed E-state index contributed by atoms with van der Waals surface area (Å²) in [5, 5.41) is 9.48. The SMILES string of the molecule is COc1cc(/C=C(/C#N)c2ccccc2)ccc1OC(=O)/C=C/c1ccc(C)cc1. The maximum Gasteiger partial charge on any atom is 0.336 e. The normalized spacial score (nSPS) is 11.2. The molecule has 0 bridgehead atoms. The number of rotatable bonds is 6. The van der Waals surface area contributed by atoms with Crippen molar-refractivity contribution in [2.75, 3.05) is 7.11 Å². The van der Waals surface area contributed by atoms with E-state index < -0.39 is 5.97 Å². The highest BCUT2D eigenvalue weighted by Crippen LogP contribution is 2.30. The van der Waals surface area contributed by atoms with Crippen LogP contribution in [0, 0.1) is 18.3 Å². The molecular formula is C26H21NO3. The lowest BCUT2D eigenvalue weighted by molar-refractivity contribution is -0.129. The Labute approximate surface area is 176 Å². The van der Waals surface area contributed by atoms with E-state index in [0.29, 0.717) is 17.1 Å². The van der Waals surface area contributed by atoms with Gasteiger partial charge in [-0.05, 0) is 47.9 Å². The lowest BCUT2D eigenvalue weighted by Gasteiger charge is -2.09. The van der Waals surface area contributed by atoms with Gasteiger partial charge in [0.2, 0.25) is 0 Å². The van der Waals surface area contributed by atoms with E-state index >= 15 is 0 Å². The van der Waals surface area contributed by atoms with Crippen LogP contribution in [0.4, 0.5) is 0 Å². The molecular weight excluding hydrogens is 374 g/mol. The van der Waals surface area contributed by atoms with E-state index in [1.54, 1.807) is 30.4 Å². The van der Waals surface area contributed by atoms with Gasteiger partial charge in [-0.1, -0.05) is 66.2 Å². The number of aryl methyl sites for hydroxylation is 1. The predicted octanol–water partition coefficient (Wildman–Crippen LogP) is 5.69. The molecule has 4 heteroatoms. The number of esters is 1. The van der Waals surface area contributed by atoms with E-state index in [-0.39, 0.29) is 0 Å². The highest BCUT2D eigenvalue weighted by Gasteiger charge is 2.09. The average molecular weight is 395 g/mol. The third-order valence-corrected chi connectivity index (χ3v) is 4.40. The van der Waals surface area contributed by atoms with E-state index in [1.165, 1.54) is 13.2 Å². The predicted molar refractivity (Wildman–Crippen MR) is 119 cm³/mol. The van der Waals surface area contributed by atoms with Crippen LogP contribution in [-0.2, 0) is 4.79 Å². The number of hydrogen-bond acceptors (Lipinski definition) is 4. The summed E-state index contributed by atoms with van der Waals surface area (Å²) in [6, 6.07) is 24.6. The lowest BCUT2D eigenvalue weighted by atomic mass is 10.0. The molecule has 3 aromatic rings. The van der Waals surface area contributed by atoms with Crippen molar-refractivity contribution in [2.24, 2.45) is 0 Å². The first kappa shape index (κ1) is 20.6. The number of methoxy groups -OCH3 is 1. The highest BCUT2D eigenvalue weighted by atomic mass is 16.6. The zero-order valence-corrected chi connectivity index (χ0v) is 16.8. The van der Waals surface area contributed by atoms with Crippen LogP contribution in [0.25, 0.3) is 17.7 Å². The number of carbonyl (C=O) groups is 1. The van der Waals surface area contributed by atoms with Crippen LogP contribution in [0.2, 0.25) is 0 Å². The first-order valence-corrected chi connectivity index (χ1v) is 9.41. The van der Waals surface area contributed by atoms with Gasteiger partial charge in [-0.25, -0.2) is 4.79 Å². The summed E-state index contributed by atoms with van der Waals surface area (Å²) >= 11 is 0. The largest absolute Gasteiger partial charge is 0.493 e. The third-order valence-electron chi connectivity index (χ3n) is 4.40. The molecule has 0 saturated carbocycles. The zero-order valence-electron chi connectivity index (χ0n) is 16.8. The Morgan fingerprint density at radius 3 is 2.30 bits per heavy atom. The Kier molecular flexibility index (Phi) is 6.81. The van der Waals surface area contributed by atoms with Crippen LogP contribution in [-0.4, -0.2) is 13.1 Å². The fourth-order valence-corrected chi connectivity index (χ4v) is 2.81. The van der Waals surface area contributed by atoms with Crippen molar-refractivity contribution in [3.63, 3.8) is 0 Å². The summed E-state index contributed by atoms with van der Waals surface area (Å²) in [4.78, 5) is 12.2. The topological polar surface area (TPSA) is 59.3 Å². The van der Waals surface area contributed by atoms with Gasteiger partial charge in [-0.2, -0.15) is 5.26 Å². The quantitative estimate of drug-likeness (QED) is 0.177. The summed E-state index contributed by atoms with van der Waals surface area (Å²) in [5.74, 6) is 0.219. The maximum absolute atomic E-state index is 12.2. The van der Waals surface area contributed by atoms with Gasteiger partial charge in [0.15, 0.2) is 11.5 Å². The molecule has 0 aliphatic heterocycles. The molecule has 0 N–H and O–H groups in total. The second-order valence-electron chi connectivity index (χ2n) is 6.61. The van der Waals surface area contributed by atoms with E-state index in [0.717, 1.165) is 22.3 Å². The smallest absolute Gasteiger partial charge is 0.336 e. The molecule has 3 aromatic carbocycles. The van der Waals surface area contributed by atoms with Crippen LogP contribution in [0.15, 0.2) is 78.9 Å². The van der Waals surface area contributed by atoms with Crippen molar-refractivity contribution in [2.45, 2.75) is 6.92 Å². The van der Waals surface area contributed by atoms with Crippen molar-refractivity contribution < 1.29 is 14.3 Å². The van der Waals surface area contributed by atoms with Crippen molar-refractivity contribution >= 4 is 23.7 Å². The number of ether oxygens (including phenoxy) is 2. The van der Waals surface area contributed by atoms with Gasteiger partial charge in [0.25, 0.3) is 0 Å². The molecule has 0 aliphatic carbocycles. The Morgan fingerprint density at radius 1 is 0.933 bits per heavy atom. The molecule has 30 heavy (non-hydrogen) atoms. The molecule has 0 fully saturated rings.